The summed E-state index contributed by atoms with van der Waals surface area (Å²) in [5, 5.41) is 17.4. The molecule has 4 N–H and O–H groups in total. The Morgan fingerprint density at radius 1 is 1.11 bits per heavy atom. The highest BCUT2D eigenvalue weighted by molar-refractivity contribution is 6.31. The summed E-state index contributed by atoms with van der Waals surface area (Å²) >= 11 is 6.10. The summed E-state index contributed by atoms with van der Waals surface area (Å²) in [5.74, 6) is 0.871. The van der Waals surface area contributed by atoms with E-state index < -0.39 is 12.3 Å². The van der Waals surface area contributed by atoms with Crippen LogP contribution in [0.5, 0.6) is 5.75 Å². The van der Waals surface area contributed by atoms with E-state index >= 15 is 0 Å². The van der Waals surface area contributed by atoms with E-state index in [1.54, 1.807) is 28.9 Å². The highest BCUT2D eigenvalue weighted by Crippen LogP contribution is 2.31. The van der Waals surface area contributed by atoms with Gasteiger partial charge in [0.1, 0.15) is 11.6 Å². The Hall–Kier alpha value is -3.56. The number of amides is 3. The third-order valence-corrected chi connectivity index (χ3v) is 6.69. The quantitative estimate of drug-likeness (QED) is 0.415. The molecule has 182 valence electrons. The van der Waals surface area contributed by atoms with Crippen molar-refractivity contribution in [3.63, 3.8) is 0 Å². The van der Waals surface area contributed by atoms with Crippen LogP contribution >= 0.6 is 11.6 Å². The number of nitrogens with zero attached hydrogens (tertiary/aromatic N) is 2. The van der Waals surface area contributed by atoms with Crippen molar-refractivity contribution in [1.29, 1.82) is 0 Å². The Morgan fingerprint density at radius 2 is 1.91 bits per heavy atom. The van der Waals surface area contributed by atoms with Crippen molar-refractivity contribution in [2.24, 2.45) is 5.92 Å². The highest BCUT2D eigenvalue weighted by Gasteiger charge is 2.39. The van der Waals surface area contributed by atoms with Crippen molar-refractivity contribution < 1.29 is 14.3 Å². The maximum absolute atomic E-state index is 13.0. The molecule has 1 saturated carbocycles. The van der Waals surface area contributed by atoms with Gasteiger partial charge in [0.25, 0.3) is 0 Å². The lowest BCUT2D eigenvalue weighted by atomic mass is 9.83. The molecule has 0 radical (unpaired) electrons. The second-order valence-corrected chi connectivity index (χ2v) is 9.16. The van der Waals surface area contributed by atoms with Crippen LogP contribution in [0.2, 0.25) is 5.02 Å². The molecule has 2 heterocycles. The summed E-state index contributed by atoms with van der Waals surface area (Å²) in [5.41, 5.74) is 1.99. The van der Waals surface area contributed by atoms with Crippen LogP contribution in [0.4, 0.5) is 16.3 Å². The first-order valence-corrected chi connectivity index (χ1v) is 12.0. The molecule has 3 aromatic rings. The molecule has 3 unspecified atom stereocenters. The normalized spacial score (nSPS) is 21.5. The predicted molar refractivity (Wildman–Crippen MR) is 134 cm³/mol. The average molecular weight is 495 g/mol. The molecule has 1 aromatic heterocycles. The van der Waals surface area contributed by atoms with Gasteiger partial charge in [0.05, 0.1) is 24.4 Å². The molecule has 2 fully saturated rings. The maximum Gasteiger partial charge on any atom is 0.324 e. The van der Waals surface area contributed by atoms with E-state index in [0.717, 1.165) is 31.2 Å². The van der Waals surface area contributed by atoms with Gasteiger partial charge in [-0.3, -0.25) is 15.4 Å². The Kier molecular flexibility index (Phi) is 6.61. The first kappa shape index (κ1) is 23.2. The van der Waals surface area contributed by atoms with Crippen molar-refractivity contribution in [2.45, 2.75) is 38.0 Å². The number of hydrogen-bond donors (Lipinski definition) is 4. The number of anilines is 2. The smallest absolute Gasteiger partial charge is 0.324 e. The summed E-state index contributed by atoms with van der Waals surface area (Å²) in [6.07, 6.45) is 3.35. The topological polar surface area (TPSA) is 109 Å². The van der Waals surface area contributed by atoms with Crippen LogP contribution in [-0.4, -0.2) is 34.9 Å². The average Bonchev–Trinajstić information content (AvgIpc) is 3.28. The van der Waals surface area contributed by atoms with Gasteiger partial charge < -0.3 is 15.4 Å². The molecule has 35 heavy (non-hydrogen) atoms. The van der Waals surface area contributed by atoms with Gasteiger partial charge in [0.2, 0.25) is 5.91 Å². The summed E-state index contributed by atoms with van der Waals surface area (Å²) in [6.45, 7) is 0. The monoisotopic (exact) mass is 494 g/mol. The fourth-order valence-electron chi connectivity index (χ4n) is 4.74. The number of methoxy groups -OCH3 is 1. The third-order valence-electron chi connectivity index (χ3n) is 6.45. The van der Waals surface area contributed by atoms with E-state index in [1.165, 1.54) is 7.11 Å². The molecule has 2 aromatic carbocycles. The number of aromatic nitrogens is 2. The second kappa shape index (κ2) is 9.97. The second-order valence-electron chi connectivity index (χ2n) is 8.72. The molecular formula is C25H27ClN6O3. The Balaban J connectivity index is 1.43. The number of carbonyl (C=O) groups excluding carboxylic acids is 2. The van der Waals surface area contributed by atoms with Gasteiger partial charge >= 0.3 is 6.03 Å². The molecule has 3 amide bonds. The summed E-state index contributed by atoms with van der Waals surface area (Å²) in [6, 6.07) is 16.0. The van der Waals surface area contributed by atoms with E-state index in [2.05, 4.69) is 21.3 Å². The Bertz CT molecular complexity index is 1230. The van der Waals surface area contributed by atoms with Crippen molar-refractivity contribution in [3.8, 4) is 17.0 Å². The largest absolute Gasteiger partial charge is 0.495 e. The number of rotatable bonds is 5. The lowest BCUT2D eigenvalue weighted by Crippen LogP contribution is -2.59. The molecule has 1 aliphatic carbocycles. The van der Waals surface area contributed by atoms with Crippen molar-refractivity contribution in [3.05, 3.63) is 59.6 Å². The predicted octanol–water partition coefficient (Wildman–Crippen LogP) is 4.59. The first-order chi connectivity index (χ1) is 17.0. The molecule has 0 bridgehead atoms. The summed E-state index contributed by atoms with van der Waals surface area (Å²) < 4.78 is 6.93. The summed E-state index contributed by atoms with van der Waals surface area (Å²) in [4.78, 5) is 25.8. The van der Waals surface area contributed by atoms with Crippen LogP contribution in [0, 0.1) is 5.92 Å². The van der Waals surface area contributed by atoms with Gasteiger partial charge in [-0.2, -0.15) is 5.10 Å². The van der Waals surface area contributed by atoms with Crippen LogP contribution < -0.4 is 26.0 Å². The van der Waals surface area contributed by atoms with Gasteiger partial charge in [-0.05, 0) is 31.0 Å². The van der Waals surface area contributed by atoms with Crippen molar-refractivity contribution >= 4 is 35.0 Å². The van der Waals surface area contributed by atoms with E-state index in [4.69, 9.17) is 21.4 Å². The van der Waals surface area contributed by atoms with Crippen molar-refractivity contribution in [1.82, 2.24) is 20.4 Å². The van der Waals surface area contributed by atoms with Crippen LogP contribution in [0.1, 0.15) is 32.0 Å². The zero-order chi connectivity index (χ0) is 24.4. The van der Waals surface area contributed by atoms with E-state index in [-0.39, 0.29) is 17.9 Å². The standard InChI is InChI=1S/C25H27ClN6O3/c1-35-21-12-11-16(26)13-20(21)28-25(34)29-22-14-19(15-7-3-2-4-8-15)31-32(22)24-27-18-10-6-5-9-17(18)23(33)30-24/h2-4,7-8,11-14,17-18,24,27H,5-6,9-10H2,1H3,(H,30,33)(H2,28,29,34). The van der Waals surface area contributed by atoms with Crippen LogP contribution in [0.25, 0.3) is 11.3 Å². The number of fused-ring (bicyclic) bond motifs is 1. The minimum absolute atomic E-state index is 0.00859. The van der Waals surface area contributed by atoms with Crippen LogP contribution in [0.15, 0.2) is 54.6 Å². The van der Waals surface area contributed by atoms with E-state index in [9.17, 15) is 9.59 Å². The van der Waals surface area contributed by atoms with Gasteiger partial charge in [0, 0.05) is 22.7 Å². The van der Waals surface area contributed by atoms with Gasteiger partial charge in [-0.25, -0.2) is 9.48 Å². The molecule has 1 saturated heterocycles. The Labute approximate surface area is 208 Å². The molecule has 1 aliphatic heterocycles. The van der Waals surface area contributed by atoms with E-state index in [0.29, 0.717) is 28.0 Å². The molecule has 10 heteroatoms. The fourth-order valence-corrected chi connectivity index (χ4v) is 4.92. The van der Waals surface area contributed by atoms with Gasteiger partial charge in [-0.1, -0.05) is 54.8 Å². The number of benzene rings is 2. The number of ether oxygens (including phenoxy) is 1. The number of urea groups is 1. The van der Waals surface area contributed by atoms with Crippen LogP contribution in [0.3, 0.4) is 0 Å². The minimum atomic E-state index is -0.588. The molecule has 0 spiro atoms. The lowest BCUT2D eigenvalue weighted by molar-refractivity contribution is -0.132. The maximum atomic E-state index is 13.0. The molecular weight excluding hydrogens is 468 g/mol. The molecule has 5 rings (SSSR count). The number of carbonyl (C=O) groups is 2. The number of hydrogen-bond acceptors (Lipinski definition) is 5. The SMILES string of the molecule is COc1ccc(Cl)cc1NC(=O)Nc1cc(-c2ccccc2)nn1C1NC(=O)C2CCCCC2N1. The minimum Gasteiger partial charge on any atom is -0.495 e. The van der Waals surface area contributed by atoms with Gasteiger partial charge in [-0.15, -0.1) is 0 Å². The first-order valence-electron chi connectivity index (χ1n) is 11.6. The lowest BCUT2D eigenvalue weighted by Gasteiger charge is -2.40. The van der Waals surface area contributed by atoms with Crippen molar-refractivity contribution in [2.75, 3.05) is 17.7 Å². The zero-order valence-corrected chi connectivity index (χ0v) is 20.0. The number of nitrogens with one attached hydrogen (secondary N) is 4. The molecule has 2 aliphatic rings. The fraction of sp³-hybridized carbons (Fsp3) is 0.320. The number of halogens is 1. The summed E-state index contributed by atoms with van der Waals surface area (Å²) in [7, 11) is 1.52. The zero-order valence-electron chi connectivity index (χ0n) is 19.3. The highest BCUT2D eigenvalue weighted by atomic mass is 35.5. The van der Waals surface area contributed by atoms with Crippen LogP contribution in [-0.2, 0) is 4.79 Å². The molecule has 9 nitrogen and oxygen atoms in total. The van der Waals surface area contributed by atoms with Gasteiger partial charge in [0.15, 0.2) is 6.29 Å². The molecule has 3 atom stereocenters. The third kappa shape index (κ3) is 4.96. The Morgan fingerprint density at radius 3 is 2.71 bits per heavy atom. The van der Waals surface area contributed by atoms with E-state index in [1.807, 2.05) is 30.3 Å².